The van der Waals surface area contributed by atoms with Crippen LogP contribution in [0.1, 0.15) is 107 Å². The predicted octanol–water partition coefficient (Wildman–Crippen LogP) is 16.3. The molecular formula is C53H54N2. The normalized spacial score (nSPS) is 12.0. The van der Waals surface area contributed by atoms with E-state index in [9.17, 15) is 0 Å². The van der Waals surface area contributed by atoms with Crippen molar-refractivity contribution in [3.63, 3.8) is 0 Å². The van der Waals surface area contributed by atoms with Crippen LogP contribution in [-0.4, -0.2) is 0 Å². The fourth-order valence-corrected chi connectivity index (χ4v) is 8.31. The van der Waals surface area contributed by atoms with Crippen molar-refractivity contribution in [2.45, 2.75) is 86.0 Å². The van der Waals surface area contributed by atoms with Gasteiger partial charge in [0.15, 0.2) is 0 Å². The zero-order valence-electron chi connectivity index (χ0n) is 34.0. The van der Waals surface area contributed by atoms with Gasteiger partial charge < -0.3 is 9.80 Å². The minimum absolute atomic E-state index is 0.469. The topological polar surface area (TPSA) is 6.48 Å². The highest BCUT2D eigenvalue weighted by atomic mass is 15.2. The molecule has 2 heteroatoms. The summed E-state index contributed by atoms with van der Waals surface area (Å²) in [7, 11) is 0. The number of hydrogen-bond donors (Lipinski definition) is 0. The molecule has 0 atom stereocenters. The second kappa shape index (κ2) is 14.6. The molecule has 0 amide bonds. The first-order valence-corrected chi connectivity index (χ1v) is 20.2. The van der Waals surface area contributed by atoms with Gasteiger partial charge in [-0.25, -0.2) is 0 Å². The third-order valence-corrected chi connectivity index (χ3v) is 11.7. The van der Waals surface area contributed by atoms with Crippen molar-refractivity contribution >= 4 is 66.4 Å². The molecule has 55 heavy (non-hydrogen) atoms. The lowest BCUT2D eigenvalue weighted by molar-refractivity contribution is 0.864. The summed E-state index contributed by atoms with van der Waals surface area (Å²) in [5, 5.41) is 7.62. The van der Waals surface area contributed by atoms with E-state index in [2.05, 4.69) is 212 Å². The molecule has 0 N–H and O–H groups in total. The van der Waals surface area contributed by atoms with E-state index in [0.717, 1.165) is 11.4 Å². The second-order valence-corrected chi connectivity index (χ2v) is 16.7. The van der Waals surface area contributed by atoms with Crippen LogP contribution in [0.15, 0.2) is 140 Å². The Kier molecular flexibility index (Phi) is 9.64. The highest BCUT2D eigenvalue weighted by Crippen LogP contribution is 2.48. The molecule has 8 aromatic carbocycles. The van der Waals surface area contributed by atoms with Crippen LogP contribution in [0.5, 0.6) is 0 Å². The van der Waals surface area contributed by atoms with Gasteiger partial charge in [-0.2, -0.15) is 0 Å². The van der Waals surface area contributed by atoms with E-state index >= 15 is 0 Å². The summed E-state index contributed by atoms with van der Waals surface area (Å²) >= 11 is 0. The molecule has 0 unspecified atom stereocenters. The van der Waals surface area contributed by atoms with Crippen LogP contribution in [0.4, 0.5) is 34.1 Å². The van der Waals surface area contributed by atoms with Crippen molar-refractivity contribution in [2.24, 2.45) is 0 Å². The molecule has 0 aliphatic carbocycles. The largest absolute Gasteiger partial charge is 0.310 e. The molecule has 8 aromatic rings. The molecule has 0 radical (unpaired) electrons. The standard InChI is InChI=1S/C53H54N2/c1-33(2)38-10-21-44(22-11-38)54(45-23-12-39(13-24-45)34(3)4)50-30-18-41-17-28-48-51(31-19-42-16-27-47(50)52(41)53(42)48)55(46-25-14-40(15-26-46)35(5)6)49-29-20-43(36(7)8)32-37(49)9/h10-36H,1-9H3. The van der Waals surface area contributed by atoms with Crippen LogP contribution in [0.25, 0.3) is 32.3 Å². The molecule has 2 nitrogen and oxygen atoms in total. The Hall–Kier alpha value is -5.60. The van der Waals surface area contributed by atoms with E-state index in [1.54, 1.807) is 0 Å². The van der Waals surface area contributed by atoms with Crippen LogP contribution in [0, 0.1) is 6.92 Å². The molecule has 0 aliphatic rings. The third kappa shape index (κ3) is 6.63. The molecule has 0 bridgehead atoms. The first-order valence-electron chi connectivity index (χ1n) is 20.2. The van der Waals surface area contributed by atoms with E-state index in [0.29, 0.717) is 23.7 Å². The molecular weight excluding hydrogens is 665 g/mol. The van der Waals surface area contributed by atoms with E-state index in [1.165, 1.54) is 82.9 Å². The smallest absolute Gasteiger partial charge is 0.0540 e. The first kappa shape index (κ1) is 36.4. The van der Waals surface area contributed by atoms with Crippen molar-refractivity contribution in [1.82, 2.24) is 0 Å². The Morgan fingerprint density at radius 1 is 0.327 bits per heavy atom. The van der Waals surface area contributed by atoms with Crippen LogP contribution in [0.2, 0.25) is 0 Å². The first-order chi connectivity index (χ1) is 26.5. The Balaban J connectivity index is 1.37. The maximum absolute atomic E-state index is 2.48. The van der Waals surface area contributed by atoms with Crippen molar-refractivity contribution in [3.8, 4) is 0 Å². The Morgan fingerprint density at radius 3 is 1.04 bits per heavy atom. The van der Waals surface area contributed by atoms with Crippen molar-refractivity contribution in [1.29, 1.82) is 0 Å². The maximum Gasteiger partial charge on any atom is 0.0540 e. The lowest BCUT2D eigenvalue weighted by Gasteiger charge is -2.30. The van der Waals surface area contributed by atoms with Gasteiger partial charge in [0, 0.05) is 33.5 Å². The molecule has 0 heterocycles. The number of hydrogen-bond acceptors (Lipinski definition) is 2. The molecule has 0 spiro atoms. The number of nitrogens with zero attached hydrogens (tertiary/aromatic N) is 2. The van der Waals surface area contributed by atoms with Gasteiger partial charge in [0.2, 0.25) is 0 Å². The second-order valence-electron chi connectivity index (χ2n) is 16.7. The van der Waals surface area contributed by atoms with E-state index in [-0.39, 0.29) is 0 Å². The van der Waals surface area contributed by atoms with Gasteiger partial charge >= 0.3 is 0 Å². The molecule has 0 saturated heterocycles. The Labute approximate surface area is 328 Å². The van der Waals surface area contributed by atoms with Crippen LogP contribution >= 0.6 is 0 Å². The van der Waals surface area contributed by atoms with Gasteiger partial charge in [0.25, 0.3) is 0 Å². The van der Waals surface area contributed by atoms with E-state index < -0.39 is 0 Å². The average Bonchev–Trinajstić information content (AvgIpc) is 3.19. The summed E-state index contributed by atoms with van der Waals surface area (Å²) in [4.78, 5) is 4.93. The van der Waals surface area contributed by atoms with Crippen molar-refractivity contribution in [3.05, 3.63) is 167 Å². The predicted molar refractivity (Wildman–Crippen MR) is 241 cm³/mol. The summed E-state index contributed by atoms with van der Waals surface area (Å²) in [5.74, 6) is 1.89. The third-order valence-electron chi connectivity index (χ3n) is 11.7. The number of rotatable bonds is 10. The molecule has 0 saturated carbocycles. The SMILES string of the molecule is Cc1cc(C(C)C)ccc1N(c1ccc(C(C)C)cc1)c1ccc2ccc3c(N(c4ccc(C(C)C)cc4)c4ccc(C(C)C)cc4)ccc4ccc1c2c43. The summed E-state index contributed by atoms with van der Waals surface area (Å²) in [5.41, 5.74) is 13.7. The Morgan fingerprint density at radius 2 is 0.655 bits per heavy atom. The molecule has 276 valence electrons. The zero-order valence-corrected chi connectivity index (χ0v) is 34.0. The lowest BCUT2D eigenvalue weighted by atomic mass is 9.91. The van der Waals surface area contributed by atoms with Crippen LogP contribution in [-0.2, 0) is 0 Å². The average molecular weight is 719 g/mol. The van der Waals surface area contributed by atoms with Crippen LogP contribution < -0.4 is 9.80 Å². The van der Waals surface area contributed by atoms with Gasteiger partial charge in [-0.05, 0) is 135 Å². The highest BCUT2D eigenvalue weighted by Gasteiger charge is 2.23. The van der Waals surface area contributed by atoms with Gasteiger partial charge in [0.05, 0.1) is 11.4 Å². The number of aryl methyl sites for hydroxylation is 1. The summed E-state index contributed by atoms with van der Waals surface area (Å²) in [6, 6.07) is 53.1. The van der Waals surface area contributed by atoms with Gasteiger partial charge in [-0.3, -0.25) is 0 Å². The summed E-state index contributed by atoms with van der Waals surface area (Å²) in [6.07, 6.45) is 0. The summed E-state index contributed by atoms with van der Waals surface area (Å²) in [6.45, 7) is 20.4. The monoisotopic (exact) mass is 718 g/mol. The van der Waals surface area contributed by atoms with Gasteiger partial charge in [-0.15, -0.1) is 0 Å². The van der Waals surface area contributed by atoms with Gasteiger partial charge in [0.1, 0.15) is 0 Å². The van der Waals surface area contributed by atoms with Crippen molar-refractivity contribution in [2.75, 3.05) is 9.80 Å². The lowest BCUT2D eigenvalue weighted by Crippen LogP contribution is -2.13. The fourth-order valence-electron chi connectivity index (χ4n) is 8.31. The van der Waals surface area contributed by atoms with Gasteiger partial charge in [-0.1, -0.05) is 140 Å². The maximum atomic E-state index is 2.48. The minimum Gasteiger partial charge on any atom is -0.310 e. The number of anilines is 6. The molecule has 0 fully saturated rings. The quantitative estimate of drug-likeness (QED) is 0.130. The van der Waals surface area contributed by atoms with Crippen LogP contribution in [0.3, 0.4) is 0 Å². The number of benzene rings is 8. The minimum atomic E-state index is 0.469. The molecule has 0 aliphatic heterocycles. The highest BCUT2D eigenvalue weighted by molar-refractivity contribution is 6.28. The fraction of sp³-hybridized carbons (Fsp3) is 0.245. The molecule has 0 aromatic heterocycles. The van der Waals surface area contributed by atoms with Crippen molar-refractivity contribution < 1.29 is 0 Å². The summed E-state index contributed by atoms with van der Waals surface area (Å²) < 4.78 is 0. The van der Waals surface area contributed by atoms with E-state index in [1.807, 2.05) is 0 Å². The van der Waals surface area contributed by atoms with E-state index in [4.69, 9.17) is 0 Å². The zero-order chi connectivity index (χ0) is 38.5. The Bertz CT molecular complexity index is 2540. The molecule has 8 rings (SSSR count).